The molecule has 2 rings (SSSR count). The van der Waals surface area contributed by atoms with E-state index in [1.807, 2.05) is 0 Å². The molecule has 0 aromatic heterocycles. The summed E-state index contributed by atoms with van der Waals surface area (Å²) < 4.78 is 25.2. The van der Waals surface area contributed by atoms with Gasteiger partial charge in [0.25, 0.3) is 5.91 Å². The van der Waals surface area contributed by atoms with Gasteiger partial charge in [0, 0.05) is 24.7 Å². The van der Waals surface area contributed by atoms with Crippen LogP contribution in [0.3, 0.4) is 0 Å². The molecule has 1 aromatic carbocycles. The predicted octanol–water partition coefficient (Wildman–Crippen LogP) is 1.97. The smallest absolute Gasteiger partial charge is 0.251 e. The third kappa shape index (κ3) is 5.49. The molecule has 0 bridgehead atoms. The molecule has 2 N–H and O–H groups in total. The number of aryl methyl sites for hydroxylation is 1. The zero-order valence-electron chi connectivity index (χ0n) is 14.6. The van der Waals surface area contributed by atoms with Crippen LogP contribution in [0.4, 0.5) is 5.69 Å². The SMILES string of the molecule is Cc1ccc(C(=O)NCCN2CCCCC2C)cc1NS(C)(=O)=O. The van der Waals surface area contributed by atoms with Crippen LogP contribution in [0.25, 0.3) is 0 Å². The quantitative estimate of drug-likeness (QED) is 0.820. The van der Waals surface area contributed by atoms with Gasteiger partial charge in [0.2, 0.25) is 10.0 Å². The zero-order valence-corrected chi connectivity index (χ0v) is 15.4. The molecule has 1 fully saturated rings. The summed E-state index contributed by atoms with van der Waals surface area (Å²) in [6.07, 6.45) is 4.81. The van der Waals surface area contributed by atoms with Gasteiger partial charge in [-0.3, -0.25) is 14.4 Å². The summed E-state index contributed by atoms with van der Waals surface area (Å²) in [7, 11) is -3.37. The fourth-order valence-corrected chi connectivity index (χ4v) is 3.60. The van der Waals surface area contributed by atoms with Crippen LogP contribution in [0.2, 0.25) is 0 Å². The molecule has 0 aliphatic carbocycles. The van der Waals surface area contributed by atoms with E-state index in [1.54, 1.807) is 25.1 Å². The van der Waals surface area contributed by atoms with Crippen molar-refractivity contribution in [2.45, 2.75) is 39.2 Å². The molecule has 1 unspecified atom stereocenters. The second kappa shape index (κ2) is 7.98. The average molecular weight is 353 g/mol. The van der Waals surface area contributed by atoms with Gasteiger partial charge in [-0.1, -0.05) is 12.5 Å². The fourth-order valence-electron chi connectivity index (χ4n) is 2.98. The standard InChI is InChI=1S/C17H27N3O3S/c1-13-7-8-15(12-16(13)19-24(3,22)23)17(21)18-9-11-20-10-5-4-6-14(20)2/h7-8,12,14,19H,4-6,9-11H2,1-3H3,(H,18,21). The summed E-state index contributed by atoms with van der Waals surface area (Å²) >= 11 is 0. The van der Waals surface area contributed by atoms with Crippen molar-refractivity contribution < 1.29 is 13.2 Å². The van der Waals surface area contributed by atoms with Gasteiger partial charge in [0.1, 0.15) is 0 Å². The molecular formula is C17H27N3O3S. The van der Waals surface area contributed by atoms with Crippen LogP contribution in [-0.4, -0.2) is 51.2 Å². The van der Waals surface area contributed by atoms with E-state index in [1.165, 1.54) is 19.3 Å². The van der Waals surface area contributed by atoms with Gasteiger partial charge in [-0.2, -0.15) is 0 Å². The number of rotatable bonds is 6. The number of anilines is 1. The molecule has 0 spiro atoms. The molecule has 1 heterocycles. The van der Waals surface area contributed by atoms with E-state index in [-0.39, 0.29) is 5.91 Å². The predicted molar refractivity (Wildman–Crippen MR) is 96.9 cm³/mol. The van der Waals surface area contributed by atoms with Crippen molar-refractivity contribution in [3.63, 3.8) is 0 Å². The first-order valence-electron chi connectivity index (χ1n) is 8.37. The molecule has 1 amide bonds. The van der Waals surface area contributed by atoms with E-state index < -0.39 is 10.0 Å². The summed E-state index contributed by atoms with van der Waals surface area (Å²) in [5.74, 6) is -0.184. The minimum Gasteiger partial charge on any atom is -0.351 e. The van der Waals surface area contributed by atoms with Gasteiger partial charge in [0.05, 0.1) is 11.9 Å². The van der Waals surface area contributed by atoms with E-state index in [0.717, 1.165) is 24.9 Å². The number of benzene rings is 1. The Hall–Kier alpha value is -1.60. The monoisotopic (exact) mass is 353 g/mol. The molecule has 1 atom stereocenters. The fraction of sp³-hybridized carbons (Fsp3) is 0.588. The first-order valence-corrected chi connectivity index (χ1v) is 10.3. The van der Waals surface area contributed by atoms with Crippen molar-refractivity contribution in [1.29, 1.82) is 0 Å². The molecule has 1 aliphatic heterocycles. The molecular weight excluding hydrogens is 326 g/mol. The number of hydrogen-bond acceptors (Lipinski definition) is 4. The van der Waals surface area contributed by atoms with Crippen LogP contribution in [0.5, 0.6) is 0 Å². The lowest BCUT2D eigenvalue weighted by Gasteiger charge is -2.33. The summed E-state index contributed by atoms with van der Waals surface area (Å²) in [4.78, 5) is 14.7. The topological polar surface area (TPSA) is 78.5 Å². The highest BCUT2D eigenvalue weighted by atomic mass is 32.2. The third-order valence-corrected chi connectivity index (χ3v) is 5.01. The van der Waals surface area contributed by atoms with Crippen molar-refractivity contribution in [1.82, 2.24) is 10.2 Å². The largest absolute Gasteiger partial charge is 0.351 e. The lowest BCUT2D eigenvalue weighted by molar-refractivity contribution is 0.0938. The highest BCUT2D eigenvalue weighted by Crippen LogP contribution is 2.18. The van der Waals surface area contributed by atoms with Crippen molar-refractivity contribution in [2.75, 3.05) is 30.6 Å². The minimum absolute atomic E-state index is 0.184. The minimum atomic E-state index is -3.37. The van der Waals surface area contributed by atoms with Crippen molar-refractivity contribution in [3.8, 4) is 0 Å². The van der Waals surface area contributed by atoms with Gasteiger partial charge in [-0.05, 0) is 50.9 Å². The van der Waals surface area contributed by atoms with Crippen LogP contribution in [0, 0.1) is 6.92 Å². The Morgan fingerprint density at radius 2 is 2.08 bits per heavy atom. The zero-order chi connectivity index (χ0) is 17.7. The Morgan fingerprint density at radius 3 is 2.75 bits per heavy atom. The lowest BCUT2D eigenvalue weighted by atomic mass is 10.0. The number of nitrogens with one attached hydrogen (secondary N) is 2. The number of carbonyl (C=O) groups excluding carboxylic acids is 1. The van der Waals surface area contributed by atoms with E-state index >= 15 is 0 Å². The first-order chi connectivity index (χ1) is 11.3. The van der Waals surface area contributed by atoms with E-state index in [4.69, 9.17) is 0 Å². The summed E-state index contributed by atoms with van der Waals surface area (Å²) in [6, 6.07) is 5.60. The maximum absolute atomic E-state index is 12.3. The Labute approximate surface area is 144 Å². The molecule has 134 valence electrons. The van der Waals surface area contributed by atoms with E-state index in [2.05, 4.69) is 21.9 Å². The Kier molecular flexibility index (Phi) is 6.23. The Bertz CT molecular complexity index is 688. The lowest BCUT2D eigenvalue weighted by Crippen LogP contribution is -2.42. The maximum atomic E-state index is 12.3. The van der Waals surface area contributed by atoms with Crippen molar-refractivity contribution in [2.24, 2.45) is 0 Å². The summed E-state index contributed by atoms with van der Waals surface area (Å²) in [5, 5.41) is 2.92. The van der Waals surface area contributed by atoms with Crippen LogP contribution in [0.15, 0.2) is 18.2 Å². The number of hydrogen-bond donors (Lipinski definition) is 2. The van der Waals surface area contributed by atoms with Crippen LogP contribution in [-0.2, 0) is 10.0 Å². The number of nitrogens with zero attached hydrogens (tertiary/aromatic N) is 1. The third-order valence-electron chi connectivity index (χ3n) is 4.42. The molecule has 1 saturated heterocycles. The Morgan fingerprint density at radius 1 is 1.33 bits per heavy atom. The second-order valence-electron chi connectivity index (χ2n) is 6.54. The van der Waals surface area contributed by atoms with Crippen molar-refractivity contribution >= 4 is 21.6 Å². The second-order valence-corrected chi connectivity index (χ2v) is 8.29. The van der Waals surface area contributed by atoms with Gasteiger partial charge >= 0.3 is 0 Å². The summed E-state index contributed by atoms with van der Waals surface area (Å²) in [6.45, 7) is 6.54. The van der Waals surface area contributed by atoms with Gasteiger partial charge in [-0.25, -0.2) is 8.42 Å². The van der Waals surface area contributed by atoms with Crippen LogP contribution < -0.4 is 10.0 Å². The normalized spacial score (nSPS) is 19.0. The highest BCUT2D eigenvalue weighted by Gasteiger charge is 2.18. The van der Waals surface area contributed by atoms with Gasteiger partial charge in [0.15, 0.2) is 0 Å². The number of sulfonamides is 1. The number of likely N-dealkylation sites (tertiary alicyclic amines) is 1. The van der Waals surface area contributed by atoms with E-state index in [9.17, 15) is 13.2 Å². The highest BCUT2D eigenvalue weighted by molar-refractivity contribution is 7.92. The molecule has 1 aromatic rings. The molecule has 24 heavy (non-hydrogen) atoms. The number of carbonyl (C=O) groups is 1. The maximum Gasteiger partial charge on any atom is 0.251 e. The van der Waals surface area contributed by atoms with E-state index in [0.29, 0.717) is 23.8 Å². The average Bonchev–Trinajstić information content (AvgIpc) is 2.50. The number of piperidine rings is 1. The van der Waals surface area contributed by atoms with Crippen LogP contribution >= 0.6 is 0 Å². The molecule has 6 nitrogen and oxygen atoms in total. The number of amides is 1. The molecule has 0 saturated carbocycles. The van der Waals surface area contributed by atoms with Gasteiger partial charge in [-0.15, -0.1) is 0 Å². The molecule has 1 aliphatic rings. The van der Waals surface area contributed by atoms with Crippen LogP contribution in [0.1, 0.15) is 42.1 Å². The summed E-state index contributed by atoms with van der Waals surface area (Å²) in [5.41, 5.74) is 1.67. The van der Waals surface area contributed by atoms with Gasteiger partial charge < -0.3 is 5.32 Å². The Balaban J connectivity index is 1.93. The first kappa shape index (κ1) is 18.7. The molecule has 7 heteroatoms. The van der Waals surface area contributed by atoms with Crippen molar-refractivity contribution in [3.05, 3.63) is 29.3 Å². The molecule has 0 radical (unpaired) electrons.